The number of hydrogen-bond acceptors (Lipinski definition) is 2. The van der Waals surface area contributed by atoms with Crippen LogP contribution in [0.15, 0.2) is 0 Å². The van der Waals surface area contributed by atoms with Crippen molar-refractivity contribution in [3.05, 3.63) is 0 Å². The van der Waals surface area contributed by atoms with Gasteiger partial charge >= 0.3 is 0 Å². The van der Waals surface area contributed by atoms with Crippen LogP contribution in [-0.4, -0.2) is 30.9 Å². The Balaban J connectivity index is 0. The Kier molecular flexibility index (Phi) is 8.94. The van der Waals surface area contributed by atoms with E-state index in [0.29, 0.717) is 6.54 Å². The number of carbonyl (C=O) groups is 1. The number of hydrogen-bond donors (Lipinski definition) is 1. The first-order valence-electron chi connectivity index (χ1n) is 5.83. The Morgan fingerprint density at radius 1 is 1.31 bits per heavy atom. The molecule has 16 heavy (non-hydrogen) atoms. The van der Waals surface area contributed by atoms with Crippen molar-refractivity contribution in [2.75, 3.05) is 20.1 Å². The minimum Gasteiger partial charge on any atom is -0.345 e. The average molecular weight is 251 g/mol. The van der Waals surface area contributed by atoms with Gasteiger partial charge in [-0.1, -0.05) is 27.7 Å². The van der Waals surface area contributed by atoms with Gasteiger partial charge in [0.2, 0.25) is 5.91 Å². The van der Waals surface area contributed by atoms with Crippen LogP contribution >= 0.6 is 12.4 Å². The second-order valence-electron chi connectivity index (χ2n) is 5.08. The molecule has 0 unspecified atom stereocenters. The molecular formula is C12H27ClN2O. The lowest BCUT2D eigenvalue weighted by Gasteiger charge is -2.31. The van der Waals surface area contributed by atoms with Gasteiger partial charge in [0.05, 0.1) is 0 Å². The Hall–Kier alpha value is -0.280. The van der Waals surface area contributed by atoms with E-state index in [9.17, 15) is 4.79 Å². The fourth-order valence-electron chi connectivity index (χ4n) is 1.73. The highest BCUT2D eigenvalue weighted by Crippen LogP contribution is 2.17. The monoisotopic (exact) mass is 250 g/mol. The van der Waals surface area contributed by atoms with Gasteiger partial charge in [-0.05, 0) is 24.8 Å². The normalized spacial score (nSPS) is 11.2. The van der Waals surface area contributed by atoms with Crippen molar-refractivity contribution in [3.8, 4) is 0 Å². The molecule has 0 aliphatic carbocycles. The maximum absolute atomic E-state index is 12.0. The van der Waals surface area contributed by atoms with Crippen molar-refractivity contribution in [2.45, 2.75) is 40.5 Å². The van der Waals surface area contributed by atoms with Gasteiger partial charge in [0.1, 0.15) is 0 Å². The van der Waals surface area contributed by atoms with Crippen molar-refractivity contribution < 1.29 is 4.79 Å². The topological polar surface area (TPSA) is 46.3 Å². The summed E-state index contributed by atoms with van der Waals surface area (Å²) in [6.07, 6.45) is 1.84. The molecule has 0 atom stereocenters. The number of nitrogens with zero attached hydrogens (tertiary/aromatic N) is 1. The highest BCUT2D eigenvalue weighted by atomic mass is 35.5. The zero-order valence-electron chi connectivity index (χ0n) is 11.2. The molecule has 0 saturated carbocycles. The average Bonchev–Trinajstić information content (AvgIpc) is 2.19. The third kappa shape index (κ3) is 5.71. The Labute approximate surface area is 106 Å². The molecule has 0 aromatic heterocycles. The molecule has 0 aliphatic heterocycles. The van der Waals surface area contributed by atoms with Gasteiger partial charge in [-0.25, -0.2) is 0 Å². The fourth-order valence-corrected chi connectivity index (χ4v) is 1.73. The molecule has 2 N–H and O–H groups in total. The minimum atomic E-state index is 0. The van der Waals surface area contributed by atoms with Crippen LogP contribution < -0.4 is 5.73 Å². The van der Waals surface area contributed by atoms with Gasteiger partial charge in [-0.3, -0.25) is 4.79 Å². The summed E-state index contributed by atoms with van der Waals surface area (Å²) in [5, 5.41) is 0. The van der Waals surface area contributed by atoms with E-state index < -0.39 is 0 Å². The van der Waals surface area contributed by atoms with Crippen molar-refractivity contribution in [2.24, 2.45) is 17.1 Å². The van der Waals surface area contributed by atoms with Crippen LogP contribution in [-0.2, 0) is 4.79 Å². The predicted octanol–water partition coefficient (Wildman–Crippen LogP) is 2.29. The van der Waals surface area contributed by atoms with E-state index >= 15 is 0 Å². The van der Waals surface area contributed by atoms with Gasteiger partial charge in [0.15, 0.2) is 0 Å². The lowest BCUT2D eigenvalue weighted by molar-refractivity contribution is -0.135. The van der Waals surface area contributed by atoms with Crippen LogP contribution in [0.2, 0.25) is 0 Å². The third-order valence-corrected chi connectivity index (χ3v) is 2.93. The van der Waals surface area contributed by atoms with Crippen LogP contribution in [0.1, 0.15) is 40.5 Å². The highest BCUT2D eigenvalue weighted by Gasteiger charge is 2.24. The van der Waals surface area contributed by atoms with Gasteiger partial charge < -0.3 is 10.6 Å². The van der Waals surface area contributed by atoms with E-state index in [1.54, 1.807) is 0 Å². The van der Waals surface area contributed by atoms with Crippen LogP contribution in [0.5, 0.6) is 0 Å². The van der Waals surface area contributed by atoms with E-state index in [2.05, 4.69) is 27.7 Å². The van der Waals surface area contributed by atoms with E-state index in [-0.39, 0.29) is 29.6 Å². The van der Waals surface area contributed by atoms with E-state index in [1.165, 1.54) is 0 Å². The molecule has 0 rings (SSSR count). The summed E-state index contributed by atoms with van der Waals surface area (Å²) in [6, 6.07) is 0. The molecule has 3 nitrogen and oxygen atoms in total. The molecule has 4 heteroatoms. The highest BCUT2D eigenvalue weighted by molar-refractivity contribution is 5.85. The quantitative estimate of drug-likeness (QED) is 0.786. The van der Waals surface area contributed by atoms with Crippen molar-refractivity contribution in [1.82, 2.24) is 4.90 Å². The van der Waals surface area contributed by atoms with Crippen LogP contribution in [0.25, 0.3) is 0 Å². The smallest absolute Gasteiger partial charge is 0.225 e. The molecule has 0 radical (unpaired) electrons. The summed E-state index contributed by atoms with van der Waals surface area (Å²) in [6.45, 7) is 9.64. The Morgan fingerprint density at radius 2 is 1.75 bits per heavy atom. The molecule has 1 amide bonds. The van der Waals surface area contributed by atoms with Gasteiger partial charge in [-0.2, -0.15) is 0 Å². The number of carbonyl (C=O) groups excluding carboxylic acids is 1. The molecule has 0 heterocycles. The molecule has 98 valence electrons. The first-order chi connectivity index (χ1) is 6.87. The number of rotatable bonds is 6. The molecule has 0 aromatic rings. The zero-order valence-corrected chi connectivity index (χ0v) is 12.1. The standard InChI is InChI=1S/C12H26N2O.ClH/c1-6-10(7-2)11(15)14(5)9-12(3,4)8-13;/h10H,6-9,13H2,1-5H3;1H. The first-order valence-corrected chi connectivity index (χ1v) is 5.83. The first kappa shape index (κ1) is 18.1. The fraction of sp³-hybridized carbons (Fsp3) is 0.917. The van der Waals surface area contributed by atoms with Crippen LogP contribution in [0.4, 0.5) is 0 Å². The van der Waals surface area contributed by atoms with E-state index in [0.717, 1.165) is 19.4 Å². The Bertz CT molecular complexity index is 203. The second kappa shape index (κ2) is 7.91. The second-order valence-corrected chi connectivity index (χ2v) is 5.08. The predicted molar refractivity (Wildman–Crippen MR) is 71.8 cm³/mol. The summed E-state index contributed by atoms with van der Waals surface area (Å²) >= 11 is 0. The largest absolute Gasteiger partial charge is 0.345 e. The molecule has 0 aliphatic rings. The van der Waals surface area contributed by atoms with Gasteiger partial charge in [0.25, 0.3) is 0 Å². The minimum absolute atomic E-state index is 0. The summed E-state index contributed by atoms with van der Waals surface area (Å²) < 4.78 is 0. The number of nitrogens with two attached hydrogens (primary N) is 1. The maximum atomic E-state index is 12.0. The van der Waals surface area contributed by atoms with E-state index in [1.807, 2.05) is 11.9 Å². The molecule has 0 spiro atoms. The molecule has 0 fully saturated rings. The van der Waals surface area contributed by atoms with Gasteiger partial charge in [-0.15, -0.1) is 12.4 Å². The SMILES string of the molecule is CCC(CC)C(=O)N(C)CC(C)(C)CN.Cl. The molecule has 0 bridgehead atoms. The molecule has 0 aromatic carbocycles. The van der Waals surface area contributed by atoms with Crippen molar-refractivity contribution in [3.63, 3.8) is 0 Å². The zero-order chi connectivity index (χ0) is 12.1. The summed E-state index contributed by atoms with van der Waals surface area (Å²) in [7, 11) is 1.87. The number of amides is 1. The third-order valence-electron chi connectivity index (χ3n) is 2.93. The van der Waals surface area contributed by atoms with E-state index in [4.69, 9.17) is 5.73 Å². The van der Waals surface area contributed by atoms with Crippen LogP contribution in [0, 0.1) is 11.3 Å². The number of halogens is 1. The molecule has 0 saturated heterocycles. The summed E-state index contributed by atoms with van der Waals surface area (Å²) in [5.74, 6) is 0.421. The molecular weight excluding hydrogens is 224 g/mol. The maximum Gasteiger partial charge on any atom is 0.225 e. The summed E-state index contributed by atoms with van der Waals surface area (Å²) in [4.78, 5) is 13.8. The Morgan fingerprint density at radius 3 is 2.06 bits per heavy atom. The lowest BCUT2D eigenvalue weighted by atomic mass is 9.92. The van der Waals surface area contributed by atoms with Crippen LogP contribution in [0.3, 0.4) is 0 Å². The lowest BCUT2D eigenvalue weighted by Crippen LogP contribution is -2.42. The van der Waals surface area contributed by atoms with Crippen molar-refractivity contribution >= 4 is 18.3 Å². The summed E-state index contributed by atoms with van der Waals surface area (Å²) in [5.41, 5.74) is 5.67. The van der Waals surface area contributed by atoms with Gasteiger partial charge in [0, 0.05) is 19.5 Å². The van der Waals surface area contributed by atoms with Crippen molar-refractivity contribution in [1.29, 1.82) is 0 Å².